The van der Waals surface area contributed by atoms with E-state index in [1.54, 1.807) is 6.07 Å². The Hall–Kier alpha value is -3.13. The monoisotopic (exact) mass is 385 g/mol. The molecule has 28 heavy (non-hydrogen) atoms. The Morgan fingerprint density at radius 1 is 0.964 bits per heavy atom. The molecule has 8 heteroatoms. The van der Waals surface area contributed by atoms with Gasteiger partial charge in [-0.25, -0.2) is 0 Å². The number of hydrazine groups is 1. The molecule has 2 heterocycles. The van der Waals surface area contributed by atoms with Crippen LogP contribution in [0.2, 0.25) is 0 Å². The smallest absolute Gasteiger partial charge is 0.305 e. The molecule has 8 nitrogen and oxygen atoms in total. The number of amides is 3. The van der Waals surface area contributed by atoms with E-state index in [9.17, 15) is 14.4 Å². The molecule has 1 aromatic heterocycles. The van der Waals surface area contributed by atoms with E-state index in [1.807, 2.05) is 30.3 Å². The van der Waals surface area contributed by atoms with Gasteiger partial charge in [-0.1, -0.05) is 30.3 Å². The fraction of sp³-hybridized carbons (Fsp3) is 0.350. The minimum Gasteiger partial charge on any atom is -0.451 e. The molecule has 3 rings (SSSR count). The maximum Gasteiger partial charge on any atom is 0.305 e. The number of hydrogen-bond acceptors (Lipinski definition) is 5. The summed E-state index contributed by atoms with van der Waals surface area (Å²) in [6.07, 6.45) is 2.00. The number of carbonyl (C=O) groups is 3. The molecule has 1 aliphatic rings. The first kappa shape index (κ1) is 19.6. The van der Waals surface area contributed by atoms with E-state index >= 15 is 0 Å². The van der Waals surface area contributed by atoms with Crippen LogP contribution in [0.1, 0.15) is 36.2 Å². The molecule has 0 aliphatic carbocycles. The number of hydrogen-bond donors (Lipinski definition) is 3. The first-order valence-electron chi connectivity index (χ1n) is 9.24. The number of benzene rings is 1. The van der Waals surface area contributed by atoms with Gasteiger partial charge in [-0.15, -0.1) is 0 Å². The summed E-state index contributed by atoms with van der Waals surface area (Å²) in [5.41, 5.74) is 5.41. The highest BCUT2D eigenvalue weighted by Gasteiger charge is 2.17. The fourth-order valence-electron chi connectivity index (χ4n) is 2.82. The lowest BCUT2D eigenvalue weighted by Gasteiger charge is -2.10. The van der Waals surface area contributed by atoms with E-state index in [1.165, 1.54) is 6.07 Å². The second kappa shape index (κ2) is 9.70. The Balaban J connectivity index is 1.36. The van der Waals surface area contributed by atoms with Gasteiger partial charge < -0.3 is 14.5 Å². The lowest BCUT2D eigenvalue weighted by molar-refractivity contribution is -0.127. The SMILES string of the molecule is O=C(CCC(=O)NNC(=O)c1ccc(-c2ccccc2)o1)NC[C@@H]1CCCO1. The van der Waals surface area contributed by atoms with E-state index in [-0.39, 0.29) is 30.6 Å². The van der Waals surface area contributed by atoms with Crippen LogP contribution in [0.5, 0.6) is 0 Å². The van der Waals surface area contributed by atoms with Crippen molar-refractivity contribution in [2.45, 2.75) is 31.8 Å². The highest BCUT2D eigenvalue weighted by Crippen LogP contribution is 2.21. The van der Waals surface area contributed by atoms with E-state index < -0.39 is 11.8 Å². The molecule has 0 bridgehead atoms. The van der Waals surface area contributed by atoms with E-state index in [2.05, 4.69) is 16.2 Å². The zero-order valence-electron chi connectivity index (χ0n) is 15.4. The summed E-state index contributed by atoms with van der Waals surface area (Å²) in [7, 11) is 0. The highest BCUT2D eigenvalue weighted by atomic mass is 16.5. The van der Waals surface area contributed by atoms with Crippen LogP contribution < -0.4 is 16.2 Å². The zero-order chi connectivity index (χ0) is 19.8. The van der Waals surface area contributed by atoms with Crippen molar-refractivity contribution in [1.82, 2.24) is 16.2 Å². The Labute approximate surface area is 162 Å². The lowest BCUT2D eigenvalue weighted by atomic mass is 10.2. The standard InChI is InChI=1S/C20H23N3O5/c24-18(21-13-15-7-4-12-27-15)10-11-19(25)22-23-20(26)17-9-8-16(28-17)14-5-2-1-3-6-14/h1-3,5-6,8-9,15H,4,7,10-13H2,(H,21,24)(H,22,25)(H,23,26)/t15-/m0/s1. The Morgan fingerprint density at radius 2 is 1.75 bits per heavy atom. The second-order valence-electron chi connectivity index (χ2n) is 6.47. The average molecular weight is 385 g/mol. The molecule has 0 saturated carbocycles. The molecule has 1 aromatic carbocycles. The summed E-state index contributed by atoms with van der Waals surface area (Å²) in [4.78, 5) is 35.6. The number of ether oxygens (including phenoxy) is 1. The summed E-state index contributed by atoms with van der Waals surface area (Å²) in [6, 6.07) is 12.6. The normalized spacial score (nSPS) is 15.8. The average Bonchev–Trinajstić information content (AvgIpc) is 3.41. The van der Waals surface area contributed by atoms with Gasteiger partial charge in [0.1, 0.15) is 5.76 Å². The van der Waals surface area contributed by atoms with Crippen molar-refractivity contribution in [1.29, 1.82) is 0 Å². The summed E-state index contributed by atoms with van der Waals surface area (Å²) < 4.78 is 10.9. The third-order valence-corrected chi connectivity index (χ3v) is 4.33. The number of rotatable bonds is 7. The van der Waals surface area contributed by atoms with E-state index in [0.29, 0.717) is 12.3 Å². The minimum absolute atomic E-state index is 0.0351. The number of nitrogens with one attached hydrogen (secondary N) is 3. The van der Waals surface area contributed by atoms with Gasteiger partial charge in [0.25, 0.3) is 0 Å². The van der Waals surface area contributed by atoms with Gasteiger partial charge in [0.2, 0.25) is 11.8 Å². The van der Waals surface area contributed by atoms with Crippen molar-refractivity contribution >= 4 is 17.7 Å². The molecule has 1 saturated heterocycles. The quantitative estimate of drug-likeness (QED) is 0.630. The molecule has 1 aliphatic heterocycles. The molecule has 0 spiro atoms. The third kappa shape index (κ3) is 5.68. The van der Waals surface area contributed by atoms with Gasteiger partial charge in [0.05, 0.1) is 6.10 Å². The fourth-order valence-corrected chi connectivity index (χ4v) is 2.82. The number of furan rings is 1. The second-order valence-corrected chi connectivity index (χ2v) is 6.47. The molecular formula is C20H23N3O5. The molecule has 3 amide bonds. The lowest BCUT2D eigenvalue weighted by Crippen LogP contribution is -2.42. The third-order valence-electron chi connectivity index (χ3n) is 4.33. The van der Waals surface area contributed by atoms with Gasteiger partial charge in [0, 0.05) is 31.6 Å². The molecule has 1 atom stereocenters. The summed E-state index contributed by atoms with van der Waals surface area (Å²) in [6.45, 7) is 1.19. The van der Waals surface area contributed by atoms with Crippen LogP contribution in [0.15, 0.2) is 46.9 Å². The molecule has 0 unspecified atom stereocenters. The highest BCUT2D eigenvalue weighted by molar-refractivity contribution is 5.93. The van der Waals surface area contributed by atoms with Crippen LogP contribution >= 0.6 is 0 Å². The molecule has 148 valence electrons. The van der Waals surface area contributed by atoms with Gasteiger partial charge in [0.15, 0.2) is 5.76 Å². The Bertz CT molecular complexity index is 812. The van der Waals surface area contributed by atoms with E-state index in [4.69, 9.17) is 9.15 Å². The molecule has 3 N–H and O–H groups in total. The molecule has 0 radical (unpaired) electrons. The molecule has 1 fully saturated rings. The zero-order valence-corrected chi connectivity index (χ0v) is 15.4. The van der Waals surface area contributed by atoms with Crippen molar-refractivity contribution in [2.75, 3.05) is 13.2 Å². The minimum atomic E-state index is -0.571. The first-order chi connectivity index (χ1) is 13.6. The molecule has 2 aromatic rings. The number of carbonyl (C=O) groups excluding carboxylic acids is 3. The van der Waals surface area contributed by atoms with Gasteiger partial charge >= 0.3 is 5.91 Å². The predicted octanol–water partition coefficient (Wildman–Crippen LogP) is 1.78. The van der Waals surface area contributed by atoms with Crippen molar-refractivity contribution in [3.63, 3.8) is 0 Å². The van der Waals surface area contributed by atoms with Crippen LogP contribution in [0.3, 0.4) is 0 Å². The van der Waals surface area contributed by atoms with E-state index in [0.717, 1.165) is 25.0 Å². The van der Waals surface area contributed by atoms with Crippen LogP contribution in [-0.2, 0) is 14.3 Å². The van der Waals surface area contributed by atoms with Crippen LogP contribution in [0.25, 0.3) is 11.3 Å². The van der Waals surface area contributed by atoms with Crippen molar-refractivity contribution in [3.8, 4) is 11.3 Å². The van der Waals surface area contributed by atoms with Crippen LogP contribution in [0.4, 0.5) is 0 Å². The topological polar surface area (TPSA) is 110 Å². The van der Waals surface area contributed by atoms with Crippen molar-refractivity contribution in [2.24, 2.45) is 0 Å². The van der Waals surface area contributed by atoms with Gasteiger partial charge in [-0.05, 0) is 25.0 Å². The predicted molar refractivity (Wildman–Crippen MR) is 101 cm³/mol. The first-order valence-corrected chi connectivity index (χ1v) is 9.24. The van der Waals surface area contributed by atoms with Crippen LogP contribution in [0, 0.1) is 0 Å². The van der Waals surface area contributed by atoms with Gasteiger partial charge in [-0.3, -0.25) is 25.2 Å². The largest absolute Gasteiger partial charge is 0.451 e. The van der Waals surface area contributed by atoms with Crippen molar-refractivity contribution < 1.29 is 23.5 Å². The summed E-state index contributed by atoms with van der Waals surface area (Å²) in [5.74, 6) is -0.627. The summed E-state index contributed by atoms with van der Waals surface area (Å²) >= 11 is 0. The molecular weight excluding hydrogens is 362 g/mol. The maximum absolute atomic E-state index is 12.1. The summed E-state index contributed by atoms with van der Waals surface area (Å²) in [5, 5.41) is 2.74. The Kier molecular flexibility index (Phi) is 6.80. The Morgan fingerprint density at radius 3 is 2.50 bits per heavy atom. The van der Waals surface area contributed by atoms with Crippen LogP contribution in [-0.4, -0.2) is 37.0 Å². The van der Waals surface area contributed by atoms with Crippen molar-refractivity contribution in [3.05, 3.63) is 48.2 Å². The van der Waals surface area contributed by atoms with Gasteiger partial charge in [-0.2, -0.15) is 0 Å². The maximum atomic E-state index is 12.1.